The summed E-state index contributed by atoms with van der Waals surface area (Å²) >= 11 is 0. The molecule has 1 unspecified atom stereocenters. The molecule has 1 fully saturated rings. The van der Waals surface area contributed by atoms with Crippen molar-refractivity contribution < 1.29 is 19.4 Å². The molecule has 1 atom stereocenters. The molecule has 2 aromatic rings. The molecule has 0 aliphatic heterocycles. The molecule has 1 N–H and O–H groups in total. The summed E-state index contributed by atoms with van der Waals surface area (Å²) in [5, 5.41) is 9.78. The zero-order valence-corrected chi connectivity index (χ0v) is 21.1. The number of aromatic hydroxyl groups is 1. The first kappa shape index (κ1) is 24.9. The first-order valence-corrected chi connectivity index (χ1v) is 11.8. The number of hydrogen-bond donors (Lipinski definition) is 1. The lowest BCUT2D eigenvalue weighted by Crippen LogP contribution is -2.39. The summed E-state index contributed by atoms with van der Waals surface area (Å²) in [7, 11) is 0. The van der Waals surface area contributed by atoms with Gasteiger partial charge in [-0.3, -0.25) is 0 Å². The highest BCUT2D eigenvalue weighted by Gasteiger charge is 2.43. The molecule has 4 heteroatoms. The van der Waals surface area contributed by atoms with Crippen LogP contribution in [0, 0.1) is 10.8 Å². The zero-order valence-electron chi connectivity index (χ0n) is 21.1. The van der Waals surface area contributed by atoms with E-state index in [1.807, 2.05) is 36.4 Å². The number of benzene rings is 2. The van der Waals surface area contributed by atoms with Crippen molar-refractivity contribution in [2.75, 3.05) is 6.61 Å². The predicted octanol–water partition coefficient (Wildman–Crippen LogP) is 7.13. The minimum atomic E-state index is -1.04. The van der Waals surface area contributed by atoms with Crippen molar-refractivity contribution in [3.8, 4) is 11.5 Å². The predicted molar refractivity (Wildman–Crippen MR) is 133 cm³/mol. The fraction of sp³-hybridized carbons (Fsp3) is 0.483. The number of hydrogen-bond acceptors (Lipinski definition) is 4. The van der Waals surface area contributed by atoms with Crippen LogP contribution in [-0.4, -0.2) is 23.3 Å². The van der Waals surface area contributed by atoms with E-state index in [0.29, 0.717) is 18.1 Å². The maximum absolute atomic E-state index is 12.1. The van der Waals surface area contributed by atoms with Gasteiger partial charge in [0, 0.05) is 5.92 Å². The average Bonchev–Trinajstić information content (AvgIpc) is 2.69. The number of rotatable bonds is 6. The molecule has 1 aliphatic rings. The van der Waals surface area contributed by atoms with Crippen LogP contribution in [0.2, 0.25) is 0 Å². The molecule has 178 valence electrons. The Balaban J connectivity index is 1.91. The maximum Gasteiger partial charge on any atom is 0.349 e. The Bertz CT molecular complexity index is 995. The summed E-state index contributed by atoms with van der Waals surface area (Å²) in [4.78, 5) is 12.1. The van der Waals surface area contributed by atoms with Crippen LogP contribution in [0.1, 0.15) is 78.4 Å². The average molecular weight is 451 g/mol. The van der Waals surface area contributed by atoms with Crippen LogP contribution in [0.25, 0.3) is 6.08 Å². The lowest BCUT2D eigenvalue weighted by molar-refractivity contribution is -0.158. The van der Waals surface area contributed by atoms with Crippen LogP contribution in [-0.2, 0) is 9.53 Å². The number of carbonyl (C=O) groups is 1. The largest absolute Gasteiger partial charge is 0.508 e. The van der Waals surface area contributed by atoms with Gasteiger partial charge in [0.25, 0.3) is 0 Å². The molecule has 0 aromatic heterocycles. The molecule has 1 saturated carbocycles. The highest BCUT2D eigenvalue weighted by Crippen LogP contribution is 2.56. The van der Waals surface area contributed by atoms with Gasteiger partial charge in [-0.2, -0.15) is 0 Å². The summed E-state index contributed by atoms with van der Waals surface area (Å²) in [6.45, 7) is 14.9. The minimum Gasteiger partial charge on any atom is -0.508 e. The Labute approximate surface area is 198 Å². The van der Waals surface area contributed by atoms with E-state index >= 15 is 0 Å². The lowest BCUT2D eigenvalue weighted by Gasteiger charge is -2.48. The smallest absolute Gasteiger partial charge is 0.349 e. The van der Waals surface area contributed by atoms with E-state index in [-0.39, 0.29) is 22.7 Å². The van der Waals surface area contributed by atoms with E-state index in [9.17, 15) is 9.90 Å². The van der Waals surface area contributed by atoms with E-state index in [1.54, 1.807) is 32.9 Å². The second kappa shape index (κ2) is 9.24. The zero-order chi connectivity index (χ0) is 24.4. The maximum atomic E-state index is 12.1. The topological polar surface area (TPSA) is 55.8 Å². The van der Waals surface area contributed by atoms with Crippen molar-refractivity contribution in [1.29, 1.82) is 0 Å². The van der Waals surface area contributed by atoms with Gasteiger partial charge in [0.15, 0.2) is 5.60 Å². The number of carbonyl (C=O) groups excluding carboxylic acids is 1. The van der Waals surface area contributed by atoms with Gasteiger partial charge in [0.2, 0.25) is 0 Å². The summed E-state index contributed by atoms with van der Waals surface area (Å²) in [6.07, 6.45) is 4.43. The Morgan fingerprint density at radius 3 is 2.24 bits per heavy atom. The van der Waals surface area contributed by atoms with Crippen LogP contribution >= 0.6 is 0 Å². The fourth-order valence-corrected chi connectivity index (χ4v) is 5.51. The van der Waals surface area contributed by atoms with Gasteiger partial charge in [0.1, 0.15) is 11.5 Å². The lowest BCUT2D eigenvalue weighted by atomic mass is 9.56. The first-order valence-electron chi connectivity index (χ1n) is 11.8. The standard InChI is InChI=1S/C29H38O4/c1-8-32-26(31)29(6,7)33-24-15-9-20(10-16-24)17-22-18-27(2,3)19-28(4,5)25(22)21-11-13-23(30)14-12-21/h9-17,25,30H,8,18-19H2,1-7H3. The molecule has 0 radical (unpaired) electrons. The molecule has 2 aromatic carbocycles. The molecule has 0 bridgehead atoms. The summed E-state index contributed by atoms with van der Waals surface area (Å²) in [5.74, 6) is 0.818. The molecule has 4 nitrogen and oxygen atoms in total. The van der Waals surface area contributed by atoms with E-state index in [1.165, 1.54) is 11.1 Å². The van der Waals surface area contributed by atoms with Crippen LogP contribution in [0.3, 0.4) is 0 Å². The fourth-order valence-electron chi connectivity index (χ4n) is 5.51. The third-order valence-electron chi connectivity index (χ3n) is 6.37. The SMILES string of the molecule is CCOC(=O)C(C)(C)Oc1ccc(C=C2CC(C)(C)CC(C)(C)C2c2ccc(O)cc2)cc1. The summed E-state index contributed by atoms with van der Waals surface area (Å²) in [5.41, 5.74) is 2.96. The molecule has 3 rings (SSSR count). The van der Waals surface area contributed by atoms with Crippen molar-refractivity contribution >= 4 is 12.0 Å². The van der Waals surface area contributed by atoms with Crippen LogP contribution in [0.15, 0.2) is 54.1 Å². The van der Waals surface area contributed by atoms with E-state index < -0.39 is 5.60 Å². The molecule has 0 saturated heterocycles. The van der Waals surface area contributed by atoms with Crippen molar-refractivity contribution in [3.63, 3.8) is 0 Å². The number of ether oxygens (including phenoxy) is 2. The summed E-state index contributed by atoms with van der Waals surface area (Å²) < 4.78 is 11.0. The van der Waals surface area contributed by atoms with Gasteiger partial charge in [-0.05, 0) is 79.8 Å². The van der Waals surface area contributed by atoms with E-state index in [4.69, 9.17) is 9.47 Å². The van der Waals surface area contributed by atoms with Crippen molar-refractivity contribution in [2.24, 2.45) is 10.8 Å². The van der Waals surface area contributed by atoms with Crippen LogP contribution in [0.5, 0.6) is 11.5 Å². The molecular weight excluding hydrogens is 412 g/mol. The highest BCUT2D eigenvalue weighted by atomic mass is 16.6. The quantitative estimate of drug-likeness (QED) is 0.476. The Morgan fingerprint density at radius 2 is 1.67 bits per heavy atom. The van der Waals surface area contributed by atoms with Gasteiger partial charge >= 0.3 is 5.97 Å². The van der Waals surface area contributed by atoms with Crippen LogP contribution < -0.4 is 4.74 Å². The second-order valence-electron chi connectivity index (χ2n) is 11.2. The Hall–Kier alpha value is -2.75. The van der Waals surface area contributed by atoms with E-state index in [0.717, 1.165) is 18.4 Å². The highest BCUT2D eigenvalue weighted by molar-refractivity contribution is 5.79. The van der Waals surface area contributed by atoms with Gasteiger partial charge in [-0.1, -0.05) is 63.6 Å². The van der Waals surface area contributed by atoms with Crippen molar-refractivity contribution in [3.05, 3.63) is 65.2 Å². The third-order valence-corrected chi connectivity index (χ3v) is 6.37. The van der Waals surface area contributed by atoms with Gasteiger partial charge in [-0.25, -0.2) is 4.79 Å². The number of phenolic OH excluding ortho intramolecular Hbond substituents is 1. The molecular formula is C29H38O4. The normalized spacial score (nSPS) is 20.9. The molecule has 33 heavy (non-hydrogen) atoms. The molecule has 1 aliphatic carbocycles. The van der Waals surface area contributed by atoms with Crippen molar-refractivity contribution in [2.45, 2.75) is 72.8 Å². The third kappa shape index (κ3) is 5.98. The summed E-state index contributed by atoms with van der Waals surface area (Å²) in [6, 6.07) is 15.5. The molecule has 0 heterocycles. The monoisotopic (exact) mass is 450 g/mol. The van der Waals surface area contributed by atoms with Gasteiger partial charge < -0.3 is 14.6 Å². The molecule has 0 amide bonds. The minimum absolute atomic E-state index is 0.0806. The number of allylic oxidation sites excluding steroid dienone is 1. The molecule has 0 spiro atoms. The first-order chi connectivity index (χ1) is 15.3. The Morgan fingerprint density at radius 1 is 1.06 bits per heavy atom. The Kier molecular flexibility index (Phi) is 6.97. The van der Waals surface area contributed by atoms with Crippen molar-refractivity contribution in [1.82, 2.24) is 0 Å². The number of esters is 1. The van der Waals surface area contributed by atoms with Gasteiger partial charge in [-0.15, -0.1) is 0 Å². The number of phenols is 1. The van der Waals surface area contributed by atoms with Gasteiger partial charge in [0.05, 0.1) is 6.61 Å². The second-order valence-corrected chi connectivity index (χ2v) is 11.2. The van der Waals surface area contributed by atoms with Crippen LogP contribution in [0.4, 0.5) is 0 Å². The van der Waals surface area contributed by atoms with E-state index in [2.05, 4.69) is 33.8 Å².